The van der Waals surface area contributed by atoms with Crippen molar-refractivity contribution >= 4 is 17.4 Å². The van der Waals surface area contributed by atoms with Crippen LogP contribution in [0.5, 0.6) is 11.6 Å². The quantitative estimate of drug-likeness (QED) is 0.408. The summed E-state index contributed by atoms with van der Waals surface area (Å²) in [5.74, 6) is -3.20. The SMILES string of the molecule is Cc1ncn(-c2ccc(Oc3ccc(NC(=O)Nc4ccc(F)c(F)c4F)cc3)nn2)c1C. The number of rotatable bonds is 5. The van der Waals surface area contributed by atoms with Crippen LogP contribution in [-0.4, -0.2) is 25.8 Å². The first-order valence-corrected chi connectivity index (χ1v) is 9.66. The number of nitrogens with zero attached hydrogens (tertiary/aromatic N) is 4. The van der Waals surface area contributed by atoms with E-state index >= 15 is 0 Å². The van der Waals surface area contributed by atoms with Gasteiger partial charge in [0, 0.05) is 17.4 Å². The van der Waals surface area contributed by atoms with Crippen LogP contribution in [0.4, 0.5) is 29.3 Å². The molecule has 2 aromatic heterocycles. The number of ether oxygens (including phenoxy) is 1. The summed E-state index contributed by atoms with van der Waals surface area (Å²) in [7, 11) is 0. The number of benzene rings is 2. The van der Waals surface area contributed by atoms with Crippen molar-refractivity contribution in [3.8, 4) is 17.4 Å². The van der Waals surface area contributed by atoms with Crippen LogP contribution >= 0.6 is 0 Å². The van der Waals surface area contributed by atoms with Crippen LogP contribution in [0.2, 0.25) is 0 Å². The van der Waals surface area contributed by atoms with Crippen molar-refractivity contribution in [3.63, 3.8) is 0 Å². The second-order valence-corrected chi connectivity index (χ2v) is 6.94. The molecule has 4 rings (SSSR count). The first-order chi connectivity index (χ1) is 15.8. The number of hydrogen-bond acceptors (Lipinski definition) is 5. The van der Waals surface area contributed by atoms with Crippen molar-refractivity contribution in [1.29, 1.82) is 0 Å². The maximum absolute atomic E-state index is 13.7. The first kappa shape index (κ1) is 21.8. The molecule has 168 valence electrons. The van der Waals surface area contributed by atoms with Gasteiger partial charge in [0.05, 0.1) is 11.4 Å². The van der Waals surface area contributed by atoms with Crippen LogP contribution in [-0.2, 0) is 0 Å². The van der Waals surface area contributed by atoms with Gasteiger partial charge in [-0.2, -0.15) is 0 Å². The predicted molar refractivity (Wildman–Crippen MR) is 114 cm³/mol. The fourth-order valence-electron chi connectivity index (χ4n) is 2.86. The summed E-state index contributed by atoms with van der Waals surface area (Å²) >= 11 is 0. The number of aryl methyl sites for hydroxylation is 1. The number of carbonyl (C=O) groups excluding carboxylic acids is 1. The lowest BCUT2D eigenvalue weighted by Crippen LogP contribution is -2.20. The van der Waals surface area contributed by atoms with Gasteiger partial charge < -0.3 is 15.4 Å². The molecule has 8 nitrogen and oxygen atoms in total. The van der Waals surface area contributed by atoms with E-state index in [0.29, 0.717) is 23.3 Å². The monoisotopic (exact) mass is 454 g/mol. The minimum Gasteiger partial charge on any atom is -0.438 e. The number of amides is 2. The van der Waals surface area contributed by atoms with Gasteiger partial charge in [0.25, 0.3) is 0 Å². The molecule has 0 bridgehead atoms. The molecule has 2 aromatic carbocycles. The Morgan fingerprint density at radius 1 is 0.909 bits per heavy atom. The van der Waals surface area contributed by atoms with E-state index < -0.39 is 29.2 Å². The maximum atomic E-state index is 13.7. The Labute approximate surface area is 186 Å². The molecular weight excluding hydrogens is 437 g/mol. The van der Waals surface area contributed by atoms with Gasteiger partial charge in [-0.25, -0.2) is 22.9 Å². The summed E-state index contributed by atoms with van der Waals surface area (Å²) < 4.78 is 47.4. The Hall–Kier alpha value is -4.41. The van der Waals surface area contributed by atoms with Crippen molar-refractivity contribution in [2.45, 2.75) is 13.8 Å². The van der Waals surface area contributed by atoms with E-state index in [1.165, 1.54) is 12.1 Å². The van der Waals surface area contributed by atoms with Gasteiger partial charge in [0.2, 0.25) is 5.88 Å². The summed E-state index contributed by atoms with van der Waals surface area (Å²) in [5.41, 5.74) is 1.72. The van der Waals surface area contributed by atoms with Gasteiger partial charge >= 0.3 is 6.03 Å². The molecule has 0 spiro atoms. The van der Waals surface area contributed by atoms with Crippen LogP contribution < -0.4 is 15.4 Å². The van der Waals surface area contributed by atoms with Crippen molar-refractivity contribution in [2.24, 2.45) is 0 Å². The molecule has 0 fully saturated rings. The van der Waals surface area contributed by atoms with E-state index in [0.717, 1.165) is 17.5 Å². The highest BCUT2D eigenvalue weighted by molar-refractivity contribution is 5.99. The van der Waals surface area contributed by atoms with E-state index in [1.807, 2.05) is 18.4 Å². The molecular formula is C22H17F3N6O2. The minimum atomic E-state index is -1.67. The van der Waals surface area contributed by atoms with Crippen LogP contribution in [0.15, 0.2) is 54.9 Å². The molecule has 0 saturated carbocycles. The Kier molecular flexibility index (Phi) is 5.94. The van der Waals surface area contributed by atoms with Crippen molar-refractivity contribution in [3.05, 3.63) is 83.7 Å². The highest BCUT2D eigenvalue weighted by Crippen LogP contribution is 2.23. The number of urea groups is 1. The third kappa shape index (κ3) is 4.76. The van der Waals surface area contributed by atoms with Crippen molar-refractivity contribution in [2.75, 3.05) is 10.6 Å². The topological polar surface area (TPSA) is 94.0 Å². The summed E-state index contributed by atoms with van der Waals surface area (Å²) in [6.45, 7) is 3.83. The second-order valence-electron chi connectivity index (χ2n) is 6.94. The molecule has 0 aliphatic rings. The smallest absolute Gasteiger partial charge is 0.323 e. The third-order valence-electron chi connectivity index (χ3n) is 4.74. The van der Waals surface area contributed by atoms with Crippen LogP contribution in [0.25, 0.3) is 5.82 Å². The van der Waals surface area contributed by atoms with Gasteiger partial charge in [-0.15, -0.1) is 10.2 Å². The number of hydrogen-bond donors (Lipinski definition) is 2. The van der Waals surface area contributed by atoms with Gasteiger partial charge in [0.1, 0.15) is 12.1 Å². The summed E-state index contributed by atoms with van der Waals surface area (Å²) in [6, 6.07) is 10.4. The van der Waals surface area contributed by atoms with Gasteiger partial charge in [-0.1, -0.05) is 0 Å². The molecule has 0 radical (unpaired) electrons. The van der Waals surface area contributed by atoms with E-state index in [2.05, 4.69) is 25.8 Å². The summed E-state index contributed by atoms with van der Waals surface area (Å²) in [6.07, 6.45) is 1.66. The van der Waals surface area contributed by atoms with E-state index in [1.54, 1.807) is 30.6 Å². The Morgan fingerprint density at radius 3 is 2.30 bits per heavy atom. The third-order valence-corrected chi connectivity index (χ3v) is 4.74. The Morgan fingerprint density at radius 2 is 1.67 bits per heavy atom. The molecule has 2 heterocycles. The number of nitrogens with one attached hydrogen (secondary N) is 2. The lowest BCUT2D eigenvalue weighted by Gasteiger charge is -2.10. The number of carbonyl (C=O) groups is 1. The summed E-state index contributed by atoms with van der Waals surface area (Å²) in [4.78, 5) is 16.2. The fraction of sp³-hybridized carbons (Fsp3) is 0.0909. The Balaban J connectivity index is 1.37. The molecule has 0 unspecified atom stereocenters. The zero-order valence-electron chi connectivity index (χ0n) is 17.4. The molecule has 4 aromatic rings. The molecule has 0 aliphatic carbocycles. The fourth-order valence-corrected chi connectivity index (χ4v) is 2.86. The van der Waals surface area contributed by atoms with Crippen molar-refractivity contribution < 1.29 is 22.7 Å². The summed E-state index contributed by atoms with van der Waals surface area (Å²) in [5, 5.41) is 12.8. The minimum absolute atomic E-state index is 0.264. The van der Waals surface area contributed by atoms with Gasteiger partial charge in [0.15, 0.2) is 23.3 Å². The molecule has 0 atom stereocenters. The molecule has 2 N–H and O–H groups in total. The number of imidazole rings is 1. The normalized spacial score (nSPS) is 10.7. The molecule has 33 heavy (non-hydrogen) atoms. The zero-order valence-corrected chi connectivity index (χ0v) is 17.4. The lowest BCUT2D eigenvalue weighted by atomic mass is 10.3. The van der Waals surface area contributed by atoms with E-state index in [4.69, 9.17) is 4.74 Å². The van der Waals surface area contributed by atoms with Gasteiger partial charge in [-0.05, 0) is 56.3 Å². The highest BCUT2D eigenvalue weighted by atomic mass is 19.2. The Bertz CT molecular complexity index is 1310. The number of halogens is 3. The molecule has 0 saturated heterocycles. The second kappa shape index (κ2) is 8.99. The van der Waals surface area contributed by atoms with Crippen LogP contribution in [0, 0.1) is 31.3 Å². The van der Waals surface area contributed by atoms with E-state index in [9.17, 15) is 18.0 Å². The number of anilines is 2. The molecule has 11 heteroatoms. The number of aromatic nitrogens is 4. The van der Waals surface area contributed by atoms with Crippen LogP contribution in [0.1, 0.15) is 11.4 Å². The lowest BCUT2D eigenvalue weighted by molar-refractivity contribution is 0.262. The maximum Gasteiger partial charge on any atom is 0.323 e. The standard InChI is InChI=1S/C22H17F3N6O2/c1-12-13(2)31(11-26-12)18-9-10-19(30-29-18)33-15-5-3-14(4-6-15)27-22(32)28-17-8-7-16(23)20(24)21(17)25/h3-11H,1-2H3,(H2,27,28,32). The largest absolute Gasteiger partial charge is 0.438 e. The van der Waals surface area contributed by atoms with E-state index in [-0.39, 0.29) is 5.88 Å². The van der Waals surface area contributed by atoms with Crippen LogP contribution in [0.3, 0.4) is 0 Å². The average Bonchev–Trinajstić information content (AvgIpc) is 3.14. The first-order valence-electron chi connectivity index (χ1n) is 9.66. The molecule has 0 aliphatic heterocycles. The molecule has 2 amide bonds. The van der Waals surface area contributed by atoms with Gasteiger partial charge in [-0.3, -0.25) is 4.57 Å². The predicted octanol–water partition coefficient (Wildman–Crippen LogP) is 5.13. The van der Waals surface area contributed by atoms with Crippen molar-refractivity contribution in [1.82, 2.24) is 19.7 Å². The zero-order chi connectivity index (χ0) is 23.5. The average molecular weight is 454 g/mol. The highest BCUT2D eigenvalue weighted by Gasteiger charge is 2.15.